The van der Waals surface area contributed by atoms with Gasteiger partial charge in [-0.3, -0.25) is 0 Å². The van der Waals surface area contributed by atoms with E-state index in [1.54, 1.807) is 4.68 Å². The lowest BCUT2D eigenvalue weighted by Crippen LogP contribution is -2.16. The van der Waals surface area contributed by atoms with E-state index in [9.17, 15) is 4.79 Å². The Labute approximate surface area is 99.6 Å². The molecule has 1 fully saturated rings. The Bertz CT molecular complexity index is 408. The van der Waals surface area contributed by atoms with Gasteiger partial charge in [-0.25, -0.2) is 9.48 Å². The summed E-state index contributed by atoms with van der Waals surface area (Å²) < 4.78 is 7.02. The number of nitrogens with zero attached hydrogens (tertiary/aromatic N) is 3. The average molecular weight is 239 g/mol. The Morgan fingerprint density at radius 1 is 1.65 bits per heavy atom. The maximum atomic E-state index is 11.0. The third kappa shape index (κ3) is 2.46. The highest BCUT2D eigenvalue weighted by atomic mass is 16.5. The maximum absolute atomic E-state index is 11.0. The Balaban J connectivity index is 2.23. The van der Waals surface area contributed by atoms with Gasteiger partial charge in [-0.15, -0.1) is 5.10 Å². The van der Waals surface area contributed by atoms with Crippen LogP contribution in [0.25, 0.3) is 0 Å². The molecule has 0 saturated carbocycles. The van der Waals surface area contributed by atoms with Gasteiger partial charge in [-0.05, 0) is 12.3 Å². The molecule has 0 aliphatic carbocycles. The van der Waals surface area contributed by atoms with Crippen LogP contribution in [0.3, 0.4) is 0 Å². The average Bonchev–Trinajstić information content (AvgIpc) is 2.86. The van der Waals surface area contributed by atoms with Gasteiger partial charge in [-0.2, -0.15) is 0 Å². The van der Waals surface area contributed by atoms with Gasteiger partial charge in [0.1, 0.15) is 0 Å². The van der Waals surface area contributed by atoms with Crippen molar-refractivity contribution in [2.24, 2.45) is 5.92 Å². The fraction of sp³-hybridized carbons (Fsp3) is 0.727. The standard InChI is InChI=1S/C11H17N3O3/c1-7(2)10-9(11(15)16)12-13-14(10)5-8-3-4-17-6-8/h7-8H,3-6H2,1-2H3,(H,15,16). The first-order chi connectivity index (χ1) is 8.09. The van der Waals surface area contributed by atoms with E-state index >= 15 is 0 Å². The number of rotatable bonds is 4. The van der Waals surface area contributed by atoms with E-state index in [1.165, 1.54) is 0 Å². The highest BCUT2D eigenvalue weighted by Gasteiger charge is 2.24. The molecule has 0 radical (unpaired) electrons. The molecule has 1 unspecified atom stereocenters. The molecule has 1 aliphatic heterocycles. The van der Waals surface area contributed by atoms with Crippen molar-refractivity contribution in [2.75, 3.05) is 13.2 Å². The maximum Gasteiger partial charge on any atom is 0.358 e. The molecule has 0 spiro atoms. The molecule has 1 aromatic heterocycles. The summed E-state index contributed by atoms with van der Waals surface area (Å²) >= 11 is 0. The number of carbonyl (C=O) groups is 1. The molecule has 0 amide bonds. The second-order valence-corrected chi connectivity index (χ2v) is 4.69. The van der Waals surface area contributed by atoms with E-state index in [2.05, 4.69) is 10.3 Å². The molecule has 1 atom stereocenters. The molecular weight excluding hydrogens is 222 g/mol. The fourth-order valence-corrected chi connectivity index (χ4v) is 2.15. The van der Waals surface area contributed by atoms with Crippen LogP contribution in [0.2, 0.25) is 0 Å². The molecule has 0 bridgehead atoms. The van der Waals surface area contributed by atoms with Crippen molar-refractivity contribution >= 4 is 5.97 Å². The van der Waals surface area contributed by atoms with Crippen LogP contribution in [0.15, 0.2) is 0 Å². The number of carboxylic acid groups (broad SMARTS) is 1. The van der Waals surface area contributed by atoms with Crippen molar-refractivity contribution in [3.63, 3.8) is 0 Å². The van der Waals surface area contributed by atoms with Crippen LogP contribution < -0.4 is 0 Å². The highest BCUT2D eigenvalue weighted by Crippen LogP contribution is 2.21. The summed E-state index contributed by atoms with van der Waals surface area (Å²) in [6.07, 6.45) is 1.000. The molecule has 17 heavy (non-hydrogen) atoms. The van der Waals surface area contributed by atoms with Crippen LogP contribution in [0.1, 0.15) is 42.4 Å². The van der Waals surface area contributed by atoms with Crippen LogP contribution in [-0.2, 0) is 11.3 Å². The lowest BCUT2D eigenvalue weighted by molar-refractivity contribution is 0.0688. The van der Waals surface area contributed by atoms with Gasteiger partial charge < -0.3 is 9.84 Å². The first-order valence-electron chi connectivity index (χ1n) is 5.84. The number of aromatic carboxylic acids is 1. The van der Waals surface area contributed by atoms with Crippen molar-refractivity contribution in [1.82, 2.24) is 15.0 Å². The number of ether oxygens (including phenoxy) is 1. The van der Waals surface area contributed by atoms with Crippen molar-refractivity contribution in [2.45, 2.75) is 32.7 Å². The Kier molecular flexibility index (Phi) is 3.42. The Hall–Kier alpha value is -1.43. The van der Waals surface area contributed by atoms with E-state index in [4.69, 9.17) is 9.84 Å². The van der Waals surface area contributed by atoms with Crippen LogP contribution in [0, 0.1) is 5.92 Å². The zero-order chi connectivity index (χ0) is 12.4. The predicted molar refractivity (Wildman–Crippen MR) is 60.0 cm³/mol. The SMILES string of the molecule is CC(C)c1c(C(=O)O)nnn1CC1CCOC1. The normalized spacial score (nSPS) is 20.1. The molecule has 6 nitrogen and oxygen atoms in total. The number of hydrogen-bond acceptors (Lipinski definition) is 4. The summed E-state index contributed by atoms with van der Waals surface area (Å²) in [4.78, 5) is 11.0. The molecule has 6 heteroatoms. The van der Waals surface area contributed by atoms with Crippen molar-refractivity contribution in [3.05, 3.63) is 11.4 Å². The van der Waals surface area contributed by atoms with Crippen molar-refractivity contribution in [3.8, 4) is 0 Å². The Morgan fingerprint density at radius 3 is 2.94 bits per heavy atom. The summed E-state index contributed by atoms with van der Waals surface area (Å²) in [5.74, 6) is -0.503. The molecule has 1 N–H and O–H groups in total. The molecule has 2 heterocycles. The van der Waals surface area contributed by atoms with Gasteiger partial charge in [-0.1, -0.05) is 19.1 Å². The smallest absolute Gasteiger partial charge is 0.358 e. The topological polar surface area (TPSA) is 77.2 Å². The number of carboxylic acids is 1. The molecular formula is C11H17N3O3. The van der Waals surface area contributed by atoms with Crippen LogP contribution in [-0.4, -0.2) is 39.3 Å². The fourth-order valence-electron chi connectivity index (χ4n) is 2.15. The molecule has 1 aromatic rings. The lowest BCUT2D eigenvalue weighted by Gasteiger charge is -2.12. The Morgan fingerprint density at radius 2 is 2.41 bits per heavy atom. The minimum Gasteiger partial charge on any atom is -0.476 e. The molecule has 0 aromatic carbocycles. The van der Waals surface area contributed by atoms with Gasteiger partial charge >= 0.3 is 5.97 Å². The van der Waals surface area contributed by atoms with Gasteiger partial charge in [0.2, 0.25) is 0 Å². The second-order valence-electron chi connectivity index (χ2n) is 4.69. The van der Waals surface area contributed by atoms with Gasteiger partial charge in [0.15, 0.2) is 5.69 Å². The van der Waals surface area contributed by atoms with Crippen LogP contribution in [0.5, 0.6) is 0 Å². The van der Waals surface area contributed by atoms with Gasteiger partial charge in [0.05, 0.1) is 12.3 Å². The summed E-state index contributed by atoms with van der Waals surface area (Å²) in [7, 11) is 0. The zero-order valence-electron chi connectivity index (χ0n) is 10.1. The number of hydrogen-bond donors (Lipinski definition) is 1. The van der Waals surface area contributed by atoms with Crippen LogP contribution in [0.4, 0.5) is 0 Å². The van der Waals surface area contributed by atoms with E-state index in [0.29, 0.717) is 18.2 Å². The van der Waals surface area contributed by atoms with E-state index in [1.807, 2.05) is 13.8 Å². The van der Waals surface area contributed by atoms with Crippen LogP contribution >= 0.6 is 0 Å². The summed E-state index contributed by atoms with van der Waals surface area (Å²) in [6, 6.07) is 0. The zero-order valence-corrected chi connectivity index (χ0v) is 10.1. The van der Waals surface area contributed by atoms with Gasteiger partial charge in [0.25, 0.3) is 0 Å². The quantitative estimate of drug-likeness (QED) is 0.852. The van der Waals surface area contributed by atoms with E-state index < -0.39 is 5.97 Å². The first-order valence-corrected chi connectivity index (χ1v) is 5.84. The lowest BCUT2D eigenvalue weighted by atomic mass is 10.1. The predicted octanol–water partition coefficient (Wildman–Crippen LogP) is 1.14. The molecule has 1 saturated heterocycles. The van der Waals surface area contributed by atoms with Crippen molar-refractivity contribution in [1.29, 1.82) is 0 Å². The third-order valence-corrected chi connectivity index (χ3v) is 2.98. The summed E-state index contributed by atoms with van der Waals surface area (Å²) in [6.45, 7) is 6.09. The van der Waals surface area contributed by atoms with Gasteiger partial charge in [0, 0.05) is 19.1 Å². The number of aromatic nitrogens is 3. The molecule has 1 aliphatic rings. The third-order valence-electron chi connectivity index (χ3n) is 2.98. The minimum atomic E-state index is -1.01. The monoisotopic (exact) mass is 239 g/mol. The first kappa shape index (κ1) is 12.0. The highest BCUT2D eigenvalue weighted by molar-refractivity contribution is 5.86. The largest absolute Gasteiger partial charge is 0.476 e. The summed E-state index contributed by atoms with van der Waals surface area (Å²) in [5.41, 5.74) is 0.767. The molecule has 2 rings (SSSR count). The molecule has 94 valence electrons. The second kappa shape index (κ2) is 4.83. The summed E-state index contributed by atoms with van der Waals surface area (Å²) in [5, 5.41) is 16.8. The minimum absolute atomic E-state index is 0.0684. The van der Waals surface area contributed by atoms with E-state index in [0.717, 1.165) is 19.6 Å². The van der Waals surface area contributed by atoms with Crippen molar-refractivity contribution < 1.29 is 14.6 Å². The van der Waals surface area contributed by atoms with E-state index in [-0.39, 0.29) is 11.6 Å².